The standard InChI is InChI=1S/C18H31N7O9/c19-9(2-1-7-22-18(20)21)15(31)25-10(3-5-13(27)28)16(32)23-8-12(26)24-11(17(33)34)4-6-14(29)30/h9-11H,1-8,19H2,(H,23,32)(H,24,26)(H,25,31)(H,27,28)(H,29,30)(H,33,34)(H4,20,21,22). The lowest BCUT2D eigenvalue weighted by molar-refractivity contribution is -0.143. The van der Waals surface area contributed by atoms with Crippen LogP contribution in [0.25, 0.3) is 0 Å². The molecule has 0 saturated heterocycles. The van der Waals surface area contributed by atoms with Gasteiger partial charge < -0.3 is 48.5 Å². The van der Waals surface area contributed by atoms with Gasteiger partial charge in [0.25, 0.3) is 0 Å². The van der Waals surface area contributed by atoms with Crippen molar-refractivity contribution in [1.82, 2.24) is 16.0 Å². The number of amides is 3. The fraction of sp³-hybridized carbons (Fsp3) is 0.611. The zero-order valence-electron chi connectivity index (χ0n) is 18.4. The van der Waals surface area contributed by atoms with Crippen molar-refractivity contribution in [1.29, 1.82) is 0 Å². The van der Waals surface area contributed by atoms with Crippen LogP contribution in [0.5, 0.6) is 0 Å². The monoisotopic (exact) mass is 489 g/mol. The van der Waals surface area contributed by atoms with Gasteiger partial charge in [0.1, 0.15) is 12.1 Å². The largest absolute Gasteiger partial charge is 0.481 e. The van der Waals surface area contributed by atoms with E-state index in [1.165, 1.54) is 0 Å². The molecule has 0 radical (unpaired) electrons. The van der Waals surface area contributed by atoms with Gasteiger partial charge in [-0.05, 0) is 25.7 Å². The second-order valence-corrected chi connectivity index (χ2v) is 7.16. The van der Waals surface area contributed by atoms with E-state index in [4.69, 9.17) is 32.5 Å². The molecule has 3 unspecified atom stereocenters. The summed E-state index contributed by atoms with van der Waals surface area (Å²) < 4.78 is 0. The van der Waals surface area contributed by atoms with Gasteiger partial charge in [-0.15, -0.1) is 0 Å². The number of nitrogens with one attached hydrogen (secondary N) is 3. The van der Waals surface area contributed by atoms with Crippen molar-refractivity contribution in [3.63, 3.8) is 0 Å². The van der Waals surface area contributed by atoms with Crippen LogP contribution in [0.2, 0.25) is 0 Å². The third-order valence-electron chi connectivity index (χ3n) is 4.29. The van der Waals surface area contributed by atoms with Crippen LogP contribution in [0, 0.1) is 0 Å². The van der Waals surface area contributed by atoms with Gasteiger partial charge in [-0.25, -0.2) is 4.79 Å². The van der Waals surface area contributed by atoms with Crippen molar-refractivity contribution >= 4 is 41.6 Å². The molecule has 0 aliphatic heterocycles. The summed E-state index contributed by atoms with van der Waals surface area (Å²) >= 11 is 0. The summed E-state index contributed by atoms with van der Waals surface area (Å²) in [5.74, 6) is -6.61. The molecule has 0 aliphatic carbocycles. The average molecular weight is 489 g/mol. The second kappa shape index (κ2) is 15.8. The van der Waals surface area contributed by atoms with E-state index < -0.39 is 73.1 Å². The Kier molecular flexibility index (Phi) is 14.0. The number of hydrogen-bond acceptors (Lipinski definition) is 8. The molecule has 0 bridgehead atoms. The third-order valence-corrected chi connectivity index (χ3v) is 4.29. The van der Waals surface area contributed by atoms with Crippen molar-refractivity contribution in [2.24, 2.45) is 22.2 Å². The van der Waals surface area contributed by atoms with Crippen LogP contribution in [0.3, 0.4) is 0 Å². The van der Waals surface area contributed by atoms with E-state index in [2.05, 4.69) is 20.9 Å². The van der Waals surface area contributed by atoms with E-state index in [1.807, 2.05) is 0 Å². The summed E-state index contributed by atoms with van der Waals surface area (Å²) in [5, 5.41) is 33.1. The molecule has 0 aromatic rings. The highest BCUT2D eigenvalue weighted by Gasteiger charge is 2.26. The molecule has 0 aromatic carbocycles. The molecule has 16 heteroatoms. The molecule has 0 aliphatic rings. The van der Waals surface area contributed by atoms with E-state index >= 15 is 0 Å². The predicted molar refractivity (Wildman–Crippen MR) is 116 cm³/mol. The predicted octanol–water partition coefficient (Wildman–Crippen LogP) is -3.73. The highest BCUT2D eigenvalue weighted by atomic mass is 16.4. The molecule has 0 rings (SSSR count). The Balaban J connectivity index is 4.89. The number of aliphatic carboxylic acids is 3. The molecule has 12 N–H and O–H groups in total. The third kappa shape index (κ3) is 14.2. The van der Waals surface area contributed by atoms with Gasteiger partial charge in [0, 0.05) is 19.4 Å². The molecule has 0 spiro atoms. The number of guanidine groups is 1. The number of nitrogens with zero attached hydrogens (tertiary/aromatic N) is 1. The molecular formula is C18H31N7O9. The molecule has 0 aromatic heterocycles. The zero-order valence-corrected chi connectivity index (χ0v) is 18.4. The lowest BCUT2D eigenvalue weighted by Gasteiger charge is -2.20. The summed E-state index contributed by atoms with van der Waals surface area (Å²) in [7, 11) is 0. The van der Waals surface area contributed by atoms with Gasteiger partial charge in [-0.3, -0.25) is 29.0 Å². The van der Waals surface area contributed by atoms with Crippen molar-refractivity contribution in [3.8, 4) is 0 Å². The van der Waals surface area contributed by atoms with E-state index in [1.54, 1.807) is 0 Å². The van der Waals surface area contributed by atoms with Crippen LogP contribution < -0.4 is 33.2 Å². The number of carbonyl (C=O) groups excluding carboxylic acids is 3. The maximum Gasteiger partial charge on any atom is 0.326 e. The molecule has 192 valence electrons. The zero-order chi connectivity index (χ0) is 26.3. The molecule has 0 fully saturated rings. The Morgan fingerprint density at radius 1 is 0.794 bits per heavy atom. The summed E-state index contributed by atoms with van der Waals surface area (Å²) in [6.07, 6.45) is -1.11. The molecule has 16 nitrogen and oxygen atoms in total. The highest BCUT2D eigenvalue weighted by Crippen LogP contribution is 2.02. The van der Waals surface area contributed by atoms with Crippen molar-refractivity contribution < 1.29 is 44.1 Å². The molecule has 3 atom stereocenters. The van der Waals surface area contributed by atoms with E-state index in [0.717, 1.165) is 0 Å². The minimum absolute atomic E-state index is 0.121. The van der Waals surface area contributed by atoms with Gasteiger partial charge >= 0.3 is 17.9 Å². The van der Waals surface area contributed by atoms with Gasteiger partial charge in [0.2, 0.25) is 17.7 Å². The van der Waals surface area contributed by atoms with Gasteiger partial charge in [0.05, 0.1) is 12.6 Å². The Morgan fingerprint density at radius 2 is 1.35 bits per heavy atom. The SMILES string of the molecule is NC(N)=NCCCC(N)C(=O)NC(CCC(=O)O)C(=O)NCC(=O)NC(CCC(=O)O)C(=O)O. The minimum atomic E-state index is -1.49. The molecule has 0 saturated carbocycles. The van der Waals surface area contributed by atoms with Crippen molar-refractivity contribution in [2.75, 3.05) is 13.1 Å². The molecule has 3 amide bonds. The molecule has 0 heterocycles. The fourth-order valence-corrected chi connectivity index (χ4v) is 2.53. The average Bonchev–Trinajstić information content (AvgIpc) is 2.74. The maximum absolute atomic E-state index is 12.4. The van der Waals surface area contributed by atoms with Crippen LogP contribution in [0.4, 0.5) is 0 Å². The summed E-state index contributed by atoms with van der Waals surface area (Å²) in [6.45, 7) is -0.467. The number of carboxylic acid groups (broad SMARTS) is 3. The Hall–Kier alpha value is -3.95. The summed E-state index contributed by atoms with van der Waals surface area (Å²) in [5.41, 5.74) is 16.1. The number of rotatable bonds is 17. The lowest BCUT2D eigenvalue weighted by Crippen LogP contribution is -2.53. The highest BCUT2D eigenvalue weighted by molar-refractivity contribution is 5.92. The van der Waals surface area contributed by atoms with Crippen LogP contribution in [-0.4, -0.2) is 88.1 Å². The summed E-state index contributed by atoms with van der Waals surface area (Å²) in [6, 6.07) is -3.86. The number of carboxylic acids is 3. The van der Waals surface area contributed by atoms with Crippen LogP contribution in [0.15, 0.2) is 4.99 Å². The van der Waals surface area contributed by atoms with Gasteiger partial charge in [-0.1, -0.05) is 0 Å². The molecular weight excluding hydrogens is 458 g/mol. The normalized spacial score (nSPS) is 13.0. The molecule has 34 heavy (non-hydrogen) atoms. The van der Waals surface area contributed by atoms with Gasteiger partial charge in [-0.2, -0.15) is 0 Å². The van der Waals surface area contributed by atoms with Gasteiger partial charge in [0.15, 0.2) is 5.96 Å². The Bertz CT molecular complexity index is 784. The number of nitrogens with two attached hydrogens (primary N) is 3. The lowest BCUT2D eigenvalue weighted by atomic mass is 10.1. The van der Waals surface area contributed by atoms with E-state index in [0.29, 0.717) is 6.42 Å². The van der Waals surface area contributed by atoms with Crippen LogP contribution in [-0.2, 0) is 28.8 Å². The number of hydrogen-bond donors (Lipinski definition) is 9. The second-order valence-electron chi connectivity index (χ2n) is 7.16. The maximum atomic E-state index is 12.4. The van der Waals surface area contributed by atoms with E-state index in [9.17, 15) is 28.8 Å². The smallest absolute Gasteiger partial charge is 0.326 e. The first-order valence-corrected chi connectivity index (χ1v) is 10.2. The van der Waals surface area contributed by atoms with Crippen molar-refractivity contribution in [2.45, 2.75) is 56.7 Å². The topological polar surface area (TPSA) is 290 Å². The first-order chi connectivity index (χ1) is 15.8. The Morgan fingerprint density at radius 3 is 1.85 bits per heavy atom. The number of carbonyl (C=O) groups is 6. The summed E-state index contributed by atoms with van der Waals surface area (Å²) in [4.78, 5) is 73.0. The van der Waals surface area contributed by atoms with Crippen LogP contribution >= 0.6 is 0 Å². The van der Waals surface area contributed by atoms with Crippen molar-refractivity contribution in [3.05, 3.63) is 0 Å². The Labute approximate surface area is 194 Å². The van der Waals surface area contributed by atoms with Crippen LogP contribution in [0.1, 0.15) is 38.5 Å². The minimum Gasteiger partial charge on any atom is -0.481 e. The van der Waals surface area contributed by atoms with E-state index in [-0.39, 0.29) is 31.8 Å². The quantitative estimate of drug-likeness (QED) is 0.0541. The fourth-order valence-electron chi connectivity index (χ4n) is 2.53. The number of aliphatic imine (C=N–C) groups is 1. The first kappa shape index (κ1) is 30.1. The first-order valence-electron chi connectivity index (χ1n) is 10.2.